The van der Waals surface area contributed by atoms with Gasteiger partial charge >= 0.3 is 6.03 Å². The van der Waals surface area contributed by atoms with Crippen LogP contribution in [-0.4, -0.2) is 39.9 Å². The van der Waals surface area contributed by atoms with E-state index in [1.54, 1.807) is 27.4 Å². The summed E-state index contributed by atoms with van der Waals surface area (Å²) in [5, 5.41) is 5.57. The fraction of sp³-hybridized carbons (Fsp3) is 0.533. The van der Waals surface area contributed by atoms with Crippen LogP contribution in [-0.2, 0) is 6.42 Å². The van der Waals surface area contributed by atoms with E-state index in [0.717, 1.165) is 5.56 Å². The predicted octanol–water partition coefficient (Wildman–Crippen LogP) is 1.96. The molecule has 0 saturated heterocycles. The average Bonchev–Trinajstić information content (AvgIpc) is 2.45. The molecule has 0 spiro atoms. The standard InChI is InChI=1S/C15H24N2O4/c1-10(2)17-15(18)16-7-6-11-8-12(19-3)9-13(20-4)14(11)21-5/h8-10H,6-7H2,1-5H3,(H2,16,17,18). The lowest BCUT2D eigenvalue weighted by Gasteiger charge is -2.15. The summed E-state index contributed by atoms with van der Waals surface area (Å²) < 4.78 is 15.9. The fourth-order valence-electron chi connectivity index (χ4n) is 1.94. The molecule has 0 aromatic heterocycles. The van der Waals surface area contributed by atoms with E-state index in [1.165, 1.54) is 0 Å². The molecule has 0 atom stereocenters. The van der Waals surface area contributed by atoms with Gasteiger partial charge in [-0.25, -0.2) is 4.79 Å². The number of amides is 2. The number of carbonyl (C=O) groups is 1. The van der Waals surface area contributed by atoms with Crippen molar-refractivity contribution >= 4 is 6.03 Å². The number of ether oxygens (including phenoxy) is 3. The number of methoxy groups -OCH3 is 3. The van der Waals surface area contributed by atoms with Gasteiger partial charge in [-0.1, -0.05) is 0 Å². The zero-order valence-corrected chi connectivity index (χ0v) is 13.3. The van der Waals surface area contributed by atoms with Crippen molar-refractivity contribution in [2.24, 2.45) is 0 Å². The Morgan fingerprint density at radius 2 is 1.86 bits per heavy atom. The van der Waals surface area contributed by atoms with Crippen LogP contribution in [0.25, 0.3) is 0 Å². The molecule has 0 aliphatic rings. The van der Waals surface area contributed by atoms with Crippen molar-refractivity contribution in [3.05, 3.63) is 17.7 Å². The molecule has 1 aromatic rings. The lowest BCUT2D eigenvalue weighted by molar-refractivity contribution is 0.238. The van der Waals surface area contributed by atoms with Crippen LogP contribution in [0.1, 0.15) is 19.4 Å². The molecule has 21 heavy (non-hydrogen) atoms. The second-order valence-electron chi connectivity index (χ2n) is 4.83. The van der Waals surface area contributed by atoms with Crippen molar-refractivity contribution in [3.63, 3.8) is 0 Å². The van der Waals surface area contributed by atoms with Crippen LogP contribution in [0.3, 0.4) is 0 Å². The SMILES string of the molecule is COc1cc(CCNC(=O)NC(C)C)c(OC)c(OC)c1. The summed E-state index contributed by atoms with van der Waals surface area (Å²) in [5.74, 6) is 1.96. The first-order chi connectivity index (χ1) is 10.0. The number of rotatable bonds is 7. The minimum absolute atomic E-state index is 0.108. The molecule has 0 fully saturated rings. The van der Waals surface area contributed by atoms with Crippen molar-refractivity contribution in [1.82, 2.24) is 10.6 Å². The van der Waals surface area contributed by atoms with Gasteiger partial charge < -0.3 is 24.8 Å². The van der Waals surface area contributed by atoms with E-state index in [2.05, 4.69) is 10.6 Å². The van der Waals surface area contributed by atoms with Crippen molar-refractivity contribution in [2.75, 3.05) is 27.9 Å². The van der Waals surface area contributed by atoms with Crippen molar-refractivity contribution < 1.29 is 19.0 Å². The molecule has 0 saturated carbocycles. The van der Waals surface area contributed by atoms with Crippen LogP contribution in [0.4, 0.5) is 4.79 Å². The zero-order valence-electron chi connectivity index (χ0n) is 13.3. The van der Waals surface area contributed by atoms with E-state index in [-0.39, 0.29) is 12.1 Å². The third-order valence-corrected chi connectivity index (χ3v) is 2.86. The third-order valence-electron chi connectivity index (χ3n) is 2.86. The minimum atomic E-state index is -0.182. The smallest absolute Gasteiger partial charge is 0.314 e. The molecule has 0 heterocycles. The number of hydrogen-bond donors (Lipinski definition) is 2. The molecule has 2 N–H and O–H groups in total. The number of nitrogens with one attached hydrogen (secondary N) is 2. The van der Waals surface area contributed by atoms with E-state index in [0.29, 0.717) is 30.2 Å². The van der Waals surface area contributed by atoms with Crippen LogP contribution in [0.15, 0.2) is 12.1 Å². The highest BCUT2D eigenvalue weighted by atomic mass is 16.5. The molecular formula is C15H24N2O4. The predicted molar refractivity (Wildman–Crippen MR) is 81.5 cm³/mol. The van der Waals surface area contributed by atoms with Gasteiger partial charge in [0.25, 0.3) is 0 Å². The van der Waals surface area contributed by atoms with Gasteiger partial charge in [0.05, 0.1) is 21.3 Å². The summed E-state index contributed by atoms with van der Waals surface area (Å²) in [4.78, 5) is 11.5. The molecule has 0 aliphatic heterocycles. The number of urea groups is 1. The highest BCUT2D eigenvalue weighted by Crippen LogP contribution is 2.35. The highest BCUT2D eigenvalue weighted by Gasteiger charge is 2.13. The van der Waals surface area contributed by atoms with E-state index in [4.69, 9.17) is 14.2 Å². The molecular weight excluding hydrogens is 272 g/mol. The van der Waals surface area contributed by atoms with Crippen LogP contribution in [0.5, 0.6) is 17.2 Å². The molecule has 1 rings (SSSR count). The van der Waals surface area contributed by atoms with E-state index < -0.39 is 0 Å². The van der Waals surface area contributed by atoms with Gasteiger partial charge in [-0.15, -0.1) is 0 Å². The summed E-state index contributed by atoms with van der Waals surface area (Å²) in [6.45, 7) is 4.32. The van der Waals surface area contributed by atoms with Gasteiger partial charge in [0, 0.05) is 24.2 Å². The first kappa shape index (κ1) is 16.9. The third kappa shape index (κ3) is 5.06. The van der Waals surface area contributed by atoms with Crippen molar-refractivity contribution in [1.29, 1.82) is 0 Å². The Kier molecular flexibility index (Phi) is 6.65. The van der Waals surface area contributed by atoms with Crippen LogP contribution >= 0.6 is 0 Å². The topological polar surface area (TPSA) is 68.8 Å². The van der Waals surface area contributed by atoms with E-state index in [1.807, 2.05) is 19.9 Å². The van der Waals surface area contributed by atoms with Crippen molar-refractivity contribution in [3.8, 4) is 17.2 Å². The number of hydrogen-bond acceptors (Lipinski definition) is 4. The largest absolute Gasteiger partial charge is 0.497 e. The molecule has 6 nitrogen and oxygen atoms in total. The molecule has 1 aromatic carbocycles. The van der Waals surface area contributed by atoms with Crippen LogP contribution < -0.4 is 24.8 Å². The first-order valence-corrected chi connectivity index (χ1v) is 6.85. The molecule has 0 unspecified atom stereocenters. The Morgan fingerprint density at radius 3 is 2.38 bits per heavy atom. The van der Waals surface area contributed by atoms with Gasteiger partial charge in [0.15, 0.2) is 11.5 Å². The quantitative estimate of drug-likeness (QED) is 0.807. The average molecular weight is 296 g/mol. The molecule has 0 bridgehead atoms. The Morgan fingerprint density at radius 1 is 1.14 bits per heavy atom. The number of benzene rings is 1. The highest BCUT2D eigenvalue weighted by molar-refractivity contribution is 5.74. The van der Waals surface area contributed by atoms with Crippen LogP contribution in [0.2, 0.25) is 0 Å². The lowest BCUT2D eigenvalue weighted by atomic mass is 10.1. The second-order valence-corrected chi connectivity index (χ2v) is 4.83. The molecule has 2 amide bonds. The Labute approximate surface area is 125 Å². The van der Waals surface area contributed by atoms with E-state index in [9.17, 15) is 4.79 Å². The summed E-state index contributed by atoms with van der Waals surface area (Å²) >= 11 is 0. The lowest BCUT2D eigenvalue weighted by Crippen LogP contribution is -2.40. The Hall–Kier alpha value is -2.11. The molecule has 6 heteroatoms. The summed E-state index contributed by atoms with van der Waals surface area (Å²) in [6, 6.07) is 3.57. The molecule has 0 radical (unpaired) electrons. The Bertz CT molecular complexity index is 475. The molecule has 0 aliphatic carbocycles. The van der Waals surface area contributed by atoms with Gasteiger partial charge in [0.2, 0.25) is 0 Å². The van der Waals surface area contributed by atoms with Crippen LogP contribution in [0, 0.1) is 0 Å². The maximum absolute atomic E-state index is 11.5. The van der Waals surface area contributed by atoms with E-state index >= 15 is 0 Å². The monoisotopic (exact) mass is 296 g/mol. The normalized spacial score (nSPS) is 10.2. The van der Waals surface area contributed by atoms with Crippen molar-refractivity contribution in [2.45, 2.75) is 26.3 Å². The zero-order chi connectivity index (χ0) is 15.8. The summed E-state index contributed by atoms with van der Waals surface area (Å²) in [7, 11) is 4.77. The van der Waals surface area contributed by atoms with Gasteiger partial charge in [-0.2, -0.15) is 0 Å². The second kappa shape index (κ2) is 8.24. The molecule has 118 valence electrons. The van der Waals surface area contributed by atoms with Gasteiger partial charge in [-0.3, -0.25) is 0 Å². The first-order valence-electron chi connectivity index (χ1n) is 6.85. The summed E-state index contributed by atoms with van der Waals surface area (Å²) in [5.41, 5.74) is 0.915. The maximum Gasteiger partial charge on any atom is 0.314 e. The summed E-state index contributed by atoms with van der Waals surface area (Å²) in [6.07, 6.45) is 0.613. The van der Waals surface area contributed by atoms with Gasteiger partial charge in [-0.05, 0) is 26.3 Å². The fourth-order valence-corrected chi connectivity index (χ4v) is 1.94. The number of carbonyl (C=O) groups excluding carboxylic acids is 1. The maximum atomic E-state index is 11.5. The minimum Gasteiger partial charge on any atom is -0.497 e. The van der Waals surface area contributed by atoms with Gasteiger partial charge in [0.1, 0.15) is 5.75 Å². The Balaban J connectivity index is 2.75.